The number of benzene rings is 1. The van der Waals surface area contributed by atoms with Crippen molar-refractivity contribution in [1.29, 1.82) is 0 Å². The van der Waals surface area contributed by atoms with Crippen LogP contribution in [0.4, 0.5) is 13.2 Å². The first kappa shape index (κ1) is 19.1. The molecule has 1 fully saturated rings. The van der Waals surface area contributed by atoms with Gasteiger partial charge < -0.3 is 10.2 Å². The standard InChI is InChI=1S/C18H19F3N4O2/c1-11-9-15(26)16(17(27)24-8-7-22-10-12(24)2)23-25(11)14-6-4-3-5-13(14)18(19,20)21/h3-6,9,12,22H,7-8,10H2,1-2H3/t12-/m1/s1. The summed E-state index contributed by atoms with van der Waals surface area (Å²) in [5.74, 6) is -0.577. The number of hydrogen-bond acceptors (Lipinski definition) is 4. The number of alkyl halides is 3. The van der Waals surface area contributed by atoms with Crippen molar-refractivity contribution >= 4 is 5.91 Å². The highest BCUT2D eigenvalue weighted by atomic mass is 19.4. The molecule has 1 N–H and O–H groups in total. The Hall–Kier alpha value is -2.68. The van der Waals surface area contributed by atoms with E-state index in [0.717, 1.165) is 16.8 Å². The topological polar surface area (TPSA) is 67.2 Å². The predicted molar refractivity (Wildman–Crippen MR) is 92.9 cm³/mol. The highest BCUT2D eigenvalue weighted by Gasteiger charge is 2.34. The van der Waals surface area contributed by atoms with Crippen LogP contribution in [0.5, 0.6) is 0 Å². The van der Waals surface area contributed by atoms with E-state index in [-0.39, 0.29) is 23.1 Å². The minimum absolute atomic E-state index is 0.148. The van der Waals surface area contributed by atoms with Crippen molar-refractivity contribution < 1.29 is 18.0 Å². The van der Waals surface area contributed by atoms with Crippen molar-refractivity contribution in [3.05, 3.63) is 57.5 Å². The number of halogens is 3. The van der Waals surface area contributed by atoms with Crippen LogP contribution >= 0.6 is 0 Å². The van der Waals surface area contributed by atoms with Gasteiger partial charge in [0.1, 0.15) is 0 Å². The van der Waals surface area contributed by atoms with Crippen molar-refractivity contribution in [2.75, 3.05) is 19.6 Å². The van der Waals surface area contributed by atoms with E-state index in [1.165, 1.54) is 30.0 Å². The van der Waals surface area contributed by atoms with Gasteiger partial charge >= 0.3 is 6.18 Å². The number of aromatic nitrogens is 2. The van der Waals surface area contributed by atoms with Gasteiger partial charge in [-0.25, -0.2) is 4.68 Å². The highest BCUT2D eigenvalue weighted by molar-refractivity contribution is 5.92. The van der Waals surface area contributed by atoms with Gasteiger partial charge in [0.15, 0.2) is 5.69 Å². The monoisotopic (exact) mass is 380 g/mol. The summed E-state index contributed by atoms with van der Waals surface area (Å²) >= 11 is 0. The van der Waals surface area contributed by atoms with Gasteiger partial charge in [0.25, 0.3) is 5.91 Å². The molecular weight excluding hydrogens is 361 g/mol. The number of piperazine rings is 1. The molecular formula is C18H19F3N4O2. The number of nitrogens with one attached hydrogen (secondary N) is 1. The van der Waals surface area contributed by atoms with Gasteiger partial charge in [0, 0.05) is 37.4 Å². The molecule has 0 bridgehead atoms. The van der Waals surface area contributed by atoms with Gasteiger partial charge in [-0.2, -0.15) is 18.3 Å². The SMILES string of the molecule is Cc1cc(=O)c(C(=O)N2CCNC[C@H]2C)nn1-c1ccccc1C(F)(F)F. The average Bonchev–Trinajstić information content (AvgIpc) is 2.61. The minimum Gasteiger partial charge on any atom is -0.332 e. The van der Waals surface area contributed by atoms with Crippen LogP contribution in [0.15, 0.2) is 35.1 Å². The van der Waals surface area contributed by atoms with Crippen LogP contribution in [0.1, 0.15) is 28.7 Å². The summed E-state index contributed by atoms with van der Waals surface area (Å²) < 4.78 is 41.1. The molecule has 144 valence electrons. The minimum atomic E-state index is -4.59. The van der Waals surface area contributed by atoms with Gasteiger partial charge in [-0.3, -0.25) is 9.59 Å². The second-order valence-electron chi connectivity index (χ2n) is 6.48. The number of aryl methyl sites for hydroxylation is 1. The molecule has 0 aliphatic carbocycles. The summed E-state index contributed by atoms with van der Waals surface area (Å²) in [5, 5.41) is 7.15. The highest BCUT2D eigenvalue weighted by Crippen LogP contribution is 2.33. The Balaban J connectivity index is 2.11. The molecule has 27 heavy (non-hydrogen) atoms. The molecule has 0 radical (unpaired) electrons. The third-order valence-corrected chi connectivity index (χ3v) is 4.51. The number of para-hydroxylation sites is 1. The molecule has 6 nitrogen and oxygen atoms in total. The molecule has 1 atom stereocenters. The zero-order valence-corrected chi connectivity index (χ0v) is 14.9. The summed E-state index contributed by atoms with van der Waals surface area (Å²) in [4.78, 5) is 26.7. The van der Waals surface area contributed by atoms with Crippen LogP contribution in [0.2, 0.25) is 0 Å². The van der Waals surface area contributed by atoms with Gasteiger partial charge in [-0.05, 0) is 26.0 Å². The van der Waals surface area contributed by atoms with E-state index in [2.05, 4.69) is 10.4 Å². The second kappa shape index (κ2) is 7.15. The quantitative estimate of drug-likeness (QED) is 0.865. The molecule has 3 rings (SSSR count). The van der Waals surface area contributed by atoms with E-state index in [1.54, 1.807) is 0 Å². The van der Waals surface area contributed by atoms with Crippen LogP contribution < -0.4 is 10.7 Å². The largest absolute Gasteiger partial charge is 0.418 e. The smallest absolute Gasteiger partial charge is 0.332 e. The van der Waals surface area contributed by atoms with Crippen molar-refractivity contribution in [2.24, 2.45) is 0 Å². The normalized spacial score (nSPS) is 17.8. The van der Waals surface area contributed by atoms with E-state index >= 15 is 0 Å². The molecule has 1 aromatic heterocycles. The van der Waals surface area contributed by atoms with Crippen LogP contribution in [0.3, 0.4) is 0 Å². The fraction of sp³-hybridized carbons (Fsp3) is 0.389. The molecule has 2 heterocycles. The van der Waals surface area contributed by atoms with E-state index in [1.807, 2.05) is 6.92 Å². The zero-order valence-electron chi connectivity index (χ0n) is 14.9. The summed E-state index contributed by atoms with van der Waals surface area (Å²) in [7, 11) is 0. The van der Waals surface area contributed by atoms with E-state index in [4.69, 9.17) is 0 Å². The lowest BCUT2D eigenvalue weighted by Crippen LogP contribution is -2.53. The average molecular weight is 380 g/mol. The molecule has 1 aliphatic heterocycles. The first-order chi connectivity index (χ1) is 12.7. The Bertz CT molecular complexity index is 924. The Labute approximate surface area is 153 Å². The van der Waals surface area contributed by atoms with E-state index < -0.39 is 23.1 Å². The lowest BCUT2D eigenvalue weighted by Gasteiger charge is -2.33. The fourth-order valence-corrected chi connectivity index (χ4v) is 3.12. The van der Waals surface area contributed by atoms with E-state index in [9.17, 15) is 22.8 Å². The second-order valence-corrected chi connectivity index (χ2v) is 6.48. The third-order valence-electron chi connectivity index (χ3n) is 4.51. The van der Waals surface area contributed by atoms with Crippen molar-refractivity contribution in [2.45, 2.75) is 26.1 Å². The molecule has 9 heteroatoms. The van der Waals surface area contributed by atoms with Crippen LogP contribution in [-0.4, -0.2) is 46.3 Å². The predicted octanol–water partition coefficient (Wildman–Crippen LogP) is 1.99. The van der Waals surface area contributed by atoms with Gasteiger partial charge in [-0.15, -0.1) is 0 Å². The molecule has 1 aliphatic rings. The first-order valence-corrected chi connectivity index (χ1v) is 8.49. The lowest BCUT2D eigenvalue weighted by molar-refractivity contribution is -0.137. The Kier molecular flexibility index (Phi) is 5.05. The lowest BCUT2D eigenvalue weighted by atomic mass is 10.1. The number of hydrogen-bond donors (Lipinski definition) is 1. The van der Waals surface area contributed by atoms with Crippen molar-refractivity contribution in [3.63, 3.8) is 0 Å². The zero-order chi connectivity index (χ0) is 19.8. The van der Waals surface area contributed by atoms with Gasteiger partial charge in [-0.1, -0.05) is 12.1 Å². The molecule has 0 spiro atoms. The number of amides is 1. The van der Waals surface area contributed by atoms with Crippen molar-refractivity contribution in [1.82, 2.24) is 20.0 Å². The van der Waals surface area contributed by atoms with Gasteiger partial charge in [0.2, 0.25) is 5.43 Å². The molecule has 0 unspecified atom stereocenters. The maximum atomic E-state index is 13.4. The molecule has 2 aromatic rings. The fourth-order valence-electron chi connectivity index (χ4n) is 3.12. The van der Waals surface area contributed by atoms with Gasteiger partial charge in [0.05, 0.1) is 11.3 Å². The summed E-state index contributed by atoms with van der Waals surface area (Å²) in [6.07, 6.45) is -4.59. The van der Waals surface area contributed by atoms with Crippen LogP contribution in [0.25, 0.3) is 5.69 Å². The number of nitrogens with zero attached hydrogens (tertiary/aromatic N) is 3. The Morgan fingerprint density at radius 1 is 1.30 bits per heavy atom. The maximum Gasteiger partial charge on any atom is 0.418 e. The maximum absolute atomic E-state index is 13.4. The number of rotatable bonds is 2. The van der Waals surface area contributed by atoms with Crippen LogP contribution in [0, 0.1) is 6.92 Å². The van der Waals surface area contributed by atoms with Crippen molar-refractivity contribution in [3.8, 4) is 5.69 Å². The molecule has 0 saturated carbocycles. The molecule has 1 amide bonds. The third kappa shape index (κ3) is 3.73. The molecule has 1 saturated heterocycles. The Morgan fingerprint density at radius 3 is 2.67 bits per heavy atom. The Morgan fingerprint density at radius 2 is 2.00 bits per heavy atom. The number of carbonyl (C=O) groups excluding carboxylic acids is 1. The van der Waals surface area contributed by atoms with Crippen LogP contribution in [-0.2, 0) is 6.18 Å². The summed E-state index contributed by atoms with van der Waals surface area (Å²) in [5.41, 5.74) is -1.90. The first-order valence-electron chi connectivity index (χ1n) is 8.49. The molecule has 1 aromatic carbocycles. The summed E-state index contributed by atoms with van der Waals surface area (Å²) in [6.45, 7) is 4.85. The summed E-state index contributed by atoms with van der Waals surface area (Å²) in [6, 6.07) is 5.91. The number of carbonyl (C=O) groups is 1. The van der Waals surface area contributed by atoms with E-state index in [0.29, 0.717) is 19.6 Å².